The first kappa shape index (κ1) is 49.4. The lowest BCUT2D eigenvalue weighted by Crippen LogP contribution is -2.60. The first-order valence-corrected chi connectivity index (χ1v) is 23.8. The summed E-state index contributed by atoms with van der Waals surface area (Å²) >= 11 is 1.57. The van der Waals surface area contributed by atoms with Crippen molar-refractivity contribution in [3.8, 4) is 56.4 Å². The van der Waals surface area contributed by atoms with Gasteiger partial charge in [-0.05, 0) is 45.2 Å². The number of anilines is 3. The molecular formula is C55H22B14N4S. The molecule has 28 radical (unpaired) electrons. The molecule has 2 heterocycles. The zero-order valence-electron chi connectivity index (χ0n) is 39.5. The molecule has 0 saturated heterocycles. The summed E-state index contributed by atoms with van der Waals surface area (Å²) < 4.78 is 1.87. The van der Waals surface area contributed by atoms with Gasteiger partial charge in [0.05, 0.1) is 0 Å². The van der Waals surface area contributed by atoms with E-state index in [1.165, 1.54) is 4.90 Å². The predicted molar refractivity (Wildman–Crippen MR) is 328 cm³/mol. The summed E-state index contributed by atoms with van der Waals surface area (Å²) in [6, 6.07) is 44.3. The van der Waals surface area contributed by atoms with Crippen LogP contribution in [0.25, 0.3) is 87.4 Å². The van der Waals surface area contributed by atoms with Crippen LogP contribution in [0.1, 0.15) is 0 Å². The number of benzene rings is 9. The van der Waals surface area contributed by atoms with Crippen LogP contribution in [0.3, 0.4) is 0 Å². The van der Waals surface area contributed by atoms with E-state index in [-0.39, 0.29) is 93.5 Å². The van der Waals surface area contributed by atoms with Gasteiger partial charge in [0.25, 0.3) is 0 Å². The van der Waals surface area contributed by atoms with Crippen LogP contribution in [0.4, 0.5) is 17.1 Å². The fourth-order valence-corrected chi connectivity index (χ4v) is 11.0. The Hall–Kier alpha value is -6.82. The molecule has 0 atom stereocenters. The largest absolute Gasteiger partial charge is 0.314 e. The molecule has 0 aliphatic heterocycles. The molecule has 310 valence electrons. The third-order valence-electron chi connectivity index (χ3n) is 13.6. The van der Waals surface area contributed by atoms with Gasteiger partial charge in [0.1, 0.15) is 110 Å². The fraction of sp³-hybridized carbons (Fsp3) is 0. The van der Waals surface area contributed by atoms with E-state index in [0.29, 0.717) is 28.6 Å². The van der Waals surface area contributed by atoms with E-state index in [1.807, 2.05) is 91.0 Å². The highest BCUT2D eigenvalue weighted by Crippen LogP contribution is 2.46. The molecular weight excluding hydrogens is 900 g/mol. The molecule has 11 rings (SSSR count). The molecule has 0 N–H and O–H groups in total. The lowest BCUT2D eigenvalue weighted by Gasteiger charge is -2.40. The molecule has 9 aromatic carbocycles. The van der Waals surface area contributed by atoms with E-state index in [4.69, 9.17) is 125 Å². The Morgan fingerprint density at radius 3 is 1.14 bits per heavy atom. The Morgan fingerprint density at radius 1 is 0.297 bits per heavy atom. The summed E-state index contributed by atoms with van der Waals surface area (Å²) in [5.74, 6) is 1.66. The number of hydrogen-bond donors (Lipinski definition) is 0. The molecule has 11 aromatic rings. The van der Waals surface area contributed by atoms with Gasteiger partial charge in [-0.1, -0.05) is 165 Å². The average Bonchev–Trinajstić information content (AvgIpc) is 3.83. The van der Waals surface area contributed by atoms with Gasteiger partial charge in [-0.15, -0.1) is 44.1 Å². The van der Waals surface area contributed by atoms with Gasteiger partial charge < -0.3 is 4.90 Å². The maximum absolute atomic E-state index is 7.21. The summed E-state index contributed by atoms with van der Waals surface area (Å²) in [6.45, 7) is 0. The fourth-order valence-electron chi connectivity index (χ4n) is 9.74. The van der Waals surface area contributed by atoms with Crippen molar-refractivity contribution in [3.63, 3.8) is 0 Å². The summed E-state index contributed by atoms with van der Waals surface area (Å²) in [7, 11) is 93.9. The van der Waals surface area contributed by atoms with E-state index in [9.17, 15) is 0 Å². The Balaban J connectivity index is 1.13. The van der Waals surface area contributed by atoms with Gasteiger partial charge >= 0.3 is 0 Å². The third kappa shape index (κ3) is 7.83. The van der Waals surface area contributed by atoms with Crippen LogP contribution in [-0.4, -0.2) is 125 Å². The summed E-state index contributed by atoms with van der Waals surface area (Å²) in [5, 5.41) is 3.86. The smallest absolute Gasteiger partial charge is 0.164 e. The molecule has 0 saturated carbocycles. The Bertz CT molecular complexity index is 3940. The van der Waals surface area contributed by atoms with Gasteiger partial charge in [-0.25, -0.2) is 15.0 Å². The van der Waals surface area contributed by atoms with Crippen molar-refractivity contribution in [1.29, 1.82) is 0 Å². The quantitative estimate of drug-likeness (QED) is 0.171. The lowest BCUT2D eigenvalue weighted by molar-refractivity contribution is 1.08. The molecule has 0 aliphatic carbocycles. The SMILES string of the molecule is [B]c1c([B])c([B])c(N(c2c([B])c([B])c([B])c([B])c2[B])c2c([B])c([B])c(-c3ccc(-c4ccc(-c5nc(-c6ccccc6)nc(-c6ccccc6)n5)c5ccccc45)c4c3sc3ccccc34)c([B])c2[B])c([B])c1[B]. The maximum atomic E-state index is 7.21. The van der Waals surface area contributed by atoms with Crippen LogP contribution in [0.15, 0.2) is 133 Å². The van der Waals surface area contributed by atoms with Crippen molar-refractivity contribution in [2.45, 2.75) is 0 Å². The summed E-state index contributed by atoms with van der Waals surface area (Å²) in [6.07, 6.45) is 0. The van der Waals surface area contributed by atoms with Crippen LogP contribution in [0.2, 0.25) is 0 Å². The van der Waals surface area contributed by atoms with Crippen molar-refractivity contribution in [3.05, 3.63) is 133 Å². The topological polar surface area (TPSA) is 41.9 Å². The van der Waals surface area contributed by atoms with Gasteiger partial charge in [0.15, 0.2) is 17.5 Å². The summed E-state index contributed by atoms with van der Waals surface area (Å²) in [4.78, 5) is 16.4. The molecule has 0 bridgehead atoms. The van der Waals surface area contributed by atoms with E-state index >= 15 is 0 Å². The molecule has 4 nitrogen and oxygen atoms in total. The second-order valence-electron chi connectivity index (χ2n) is 17.8. The minimum absolute atomic E-state index is 0.0339. The maximum Gasteiger partial charge on any atom is 0.164 e. The second kappa shape index (κ2) is 19.1. The Morgan fingerprint density at radius 2 is 0.649 bits per heavy atom. The first-order chi connectivity index (χ1) is 35.6. The Labute approximate surface area is 452 Å². The van der Waals surface area contributed by atoms with Crippen molar-refractivity contribution >= 4 is 246 Å². The van der Waals surface area contributed by atoms with Crippen LogP contribution in [0, 0.1) is 0 Å². The van der Waals surface area contributed by atoms with E-state index < -0.39 is 0 Å². The number of thiophene rings is 1. The van der Waals surface area contributed by atoms with Crippen molar-refractivity contribution in [1.82, 2.24) is 15.0 Å². The molecule has 2 aromatic heterocycles. The van der Waals surface area contributed by atoms with Crippen molar-refractivity contribution < 1.29 is 0 Å². The minimum Gasteiger partial charge on any atom is -0.314 e. The highest BCUT2D eigenvalue weighted by atomic mass is 32.1. The van der Waals surface area contributed by atoms with E-state index in [2.05, 4.69) is 42.5 Å². The second-order valence-corrected chi connectivity index (χ2v) is 18.8. The van der Waals surface area contributed by atoms with Crippen molar-refractivity contribution in [2.75, 3.05) is 4.90 Å². The molecule has 0 unspecified atom stereocenters. The van der Waals surface area contributed by atoms with Crippen LogP contribution in [-0.2, 0) is 0 Å². The average molecular weight is 922 g/mol. The third-order valence-corrected chi connectivity index (χ3v) is 14.8. The monoisotopic (exact) mass is 924 g/mol. The van der Waals surface area contributed by atoms with Crippen LogP contribution in [0.5, 0.6) is 0 Å². The van der Waals surface area contributed by atoms with Gasteiger partial charge in [-0.2, -0.15) is 0 Å². The van der Waals surface area contributed by atoms with E-state index in [1.54, 1.807) is 11.3 Å². The van der Waals surface area contributed by atoms with Gasteiger partial charge in [-0.3, -0.25) is 0 Å². The highest BCUT2D eigenvalue weighted by molar-refractivity contribution is 7.26. The molecule has 0 amide bonds. The molecule has 0 spiro atoms. The van der Waals surface area contributed by atoms with Gasteiger partial charge in [0, 0.05) is 53.9 Å². The molecule has 19 heteroatoms. The predicted octanol–water partition coefficient (Wildman–Crippen LogP) is -1.69. The zero-order valence-corrected chi connectivity index (χ0v) is 40.3. The number of nitrogens with zero attached hydrogens (tertiary/aromatic N) is 4. The zero-order chi connectivity index (χ0) is 52.0. The standard InChI is InChI=1S/C55H22B14N4S/c56-35-34(36(57)44(65)49(43(35)64)73(50-45(66)39(60)37(58)40(61)46(50)67)51-47(68)41(62)38(59)42(63)48(51)69)31-22-20-28(33-30-17-9-10-18-32(30)74-52(31)33)27-19-21-29(26-16-8-7-15-25(26)27)55-71-53(23-11-3-1-4-12-23)70-54(72-55)24-13-5-2-6-14-24/h1-22H. The Kier molecular flexibility index (Phi) is 12.8. The first-order valence-electron chi connectivity index (χ1n) is 23.0. The minimum atomic E-state index is -0.132. The lowest BCUT2D eigenvalue weighted by atomic mass is 9.59. The normalized spacial score (nSPS) is 11.5. The number of fused-ring (bicyclic) bond motifs is 4. The van der Waals surface area contributed by atoms with Crippen LogP contribution >= 0.6 is 11.3 Å². The molecule has 74 heavy (non-hydrogen) atoms. The number of rotatable bonds is 8. The molecule has 0 fully saturated rings. The van der Waals surface area contributed by atoms with Gasteiger partial charge in [0.2, 0.25) is 0 Å². The highest BCUT2D eigenvalue weighted by Gasteiger charge is 2.29. The van der Waals surface area contributed by atoms with Crippen molar-refractivity contribution in [2.24, 2.45) is 0 Å². The number of hydrogen-bond acceptors (Lipinski definition) is 5. The summed E-state index contributed by atoms with van der Waals surface area (Å²) in [5.41, 5.74) is 4.25. The molecule has 0 aliphatic rings. The van der Waals surface area contributed by atoms with Crippen LogP contribution < -0.4 is 81.4 Å². The van der Waals surface area contributed by atoms with E-state index in [0.717, 1.165) is 58.8 Å². The number of aromatic nitrogens is 3.